The van der Waals surface area contributed by atoms with E-state index in [4.69, 9.17) is 4.42 Å². The summed E-state index contributed by atoms with van der Waals surface area (Å²) < 4.78 is 6.59. The van der Waals surface area contributed by atoms with Crippen molar-refractivity contribution in [2.45, 2.75) is 155 Å². The number of anilines is 11. The van der Waals surface area contributed by atoms with Crippen LogP contribution in [0, 0.1) is 0 Å². The SMILES string of the molecule is CC(C)(C)c1ccc(N(c2ccc(C(C)(C)C)cc2)c2ccc3c(c2)B2c4cccc5c4N(c4cc(N(c6ccc(C(C)(C)C)cc6)c6ccc(C(C)(C)C)cc6)cc(c42)N3c2ccc3oc4ccccc4c3c2)C2(C)CCCCC52C)cc1. The van der Waals surface area contributed by atoms with Crippen molar-refractivity contribution in [3.05, 3.63) is 216 Å². The third kappa shape index (κ3) is 8.39. The molecule has 0 N–H and O–H groups in total. The summed E-state index contributed by atoms with van der Waals surface area (Å²) in [5.41, 5.74) is 25.3. The molecular weight excluding hydrogens is 1020 g/mol. The van der Waals surface area contributed by atoms with Gasteiger partial charge in [0.1, 0.15) is 11.2 Å². The summed E-state index contributed by atoms with van der Waals surface area (Å²) in [5, 5.41) is 2.23. The van der Waals surface area contributed by atoms with Crippen LogP contribution in [0.3, 0.4) is 0 Å². The van der Waals surface area contributed by atoms with Crippen LogP contribution in [0.2, 0.25) is 0 Å². The van der Waals surface area contributed by atoms with Gasteiger partial charge in [-0.05, 0) is 189 Å². The van der Waals surface area contributed by atoms with Crippen molar-refractivity contribution >= 4 is 108 Å². The first-order valence-electron chi connectivity index (χ1n) is 30.9. The summed E-state index contributed by atoms with van der Waals surface area (Å²) in [5.74, 6) is 0. The lowest BCUT2D eigenvalue weighted by atomic mass is 9.33. The van der Waals surface area contributed by atoms with E-state index in [1.54, 1.807) is 0 Å². The molecule has 1 fully saturated rings. The molecule has 5 nitrogen and oxygen atoms in total. The monoisotopic (exact) mass is 1100 g/mol. The molecule has 4 heterocycles. The van der Waals surface area contributed by atoms with E-state index in [1.165, 1.54) is 79.8 Å². The fourth-order valence-corrected chi connectivity index (χ4v) is 15.0. The van der Waals surface area contributed by atoms with Crippen molar-refractivity contribution in [3.8, 4) is 0 Å². The Morgan fingerprint density at radius 3 is 1.45 bits per heavy atom. The zero-order valence-corrected chi connectivity index (χ0v) is 52.0. The minimum absolute atomic E-state index is 0.00559. The standard InChI is InChI=1S/C78H81BN4O/c1-73(2,3)50-24-32-54(33-25-50)80(55-34-26-51(27-35-55)74(4,5)6)59-40-42-66-65(47-59)79-64-22-19-21-63-72(64)83(78(14)45-18-17-44-77(63,78)13)68-49-60(48-67(71(68)79)82(66)58-41-43-70-62(46-58)61-20-15-16-23-69(61)84-70)81(56-36-28-52(29-37-56)75(7,8)9)57-38-30-53(31-39-57)76(10,11)12/h15-16,19-43,46-49H,17-18,44-45H2,1-14H3. The Labute approximate surface area is 500 Å². The summed E-state index contributed by atoms with van der Waals surface area (Å²) in [6, 6.07) is 72.6. The lowest BCUT2D eigenvalue weighted by Crippen LogP contribution is -2.64. The summed E-state index contributed by atoms with van der Waals surface area (Å²) >= 11 is 0. The largest absolute Gasteiger partial charge is 0.456 e. The van der Waals surface area contributed by atoms with Gasteiger partial charge in [-0.25, -0.2) is 0 Å². The molecule has 2 atom stereocenters. The zero-order valence-electron chi connectivity index (χ0n) is 52.0. The highest BCUT2D eigenvalue weighted by Gasteiger charge is 2.61. The number of furan rings is 1. The molecule has 4 aliphatic rings. The fourth-order valence-electron chi connectivity index (χ4n) is 15.0. The minimum Gasteiger partial charge on any atom is -0.456 e. The Kier molecular flexibility index (Phi) is 12.1. The number of fused-ring (bicyclic) bond motifs is 10. The predicted octanol–water partition coefficient (Wildman–Crippen LogP) is 20.1. The predicted molar refractivity (Wildman–Crippen MR) is 360 cm³/mol. The molecule has 84 heavy (non-hydrogen) atoms. The quantitative estimate of drug-likeness (QED) is 0.148. The van der Waals surface area contributed by atoms with Crippen LogP contribution in [-0.2, 0) is 27.1 Å². The van der Waals surface area contributed by atoms with Crippen molar-refractivity contribution in [1.29, 1.82) is 0 Å². The zero-order chi connectivity index (χ0) is 58.6. The Balaban J connectivity index is 1.08. The summed E-state index contributed by atoms with van der Waals surface area (Å²) in [4.78, 5) is 10.5. The normalized spacial score (nSPS) is 18.2. The van der Waals surface area contributed by atoms with Crippen molar-refractivity contribution in [3.63, 3.8) is 0 Å². The van der Waals surface area contributed by atoms with Gasteiger partial charge in [0.05, 0.1) is 11.2 Å². The molecule has 0 bridgehead atoms. The number of hydrogen-bond acceptors (Lipinski definition) is 5. The van der Waals surface area contributed by atoms with E-state index in [0.717, 1.165) is 74.6 Å². The second-order valence-corrected chi connectivity index (χ2v) is 29.4. The molecule has 1 aromatic heterocycles. The number of benzene rings is 9. The van der Waals surface area contributed by atoms with E-state index in [9.17, 15) is 0 Å². The van der Waals surface area contributed by atoms with Crippen LogP contribution >= 0.6 is 0 Å². The van der Waals surface area contributed by atoms with Crippen LogP contribution in [-0.4, -0.2) is 12.3 Å². The first kappa shape index (κ1) is 54.0. The molecule has 422 valence electrons. The van der Waals surface area contributed by atoms with E-state index in [-0.39, 0.29) is 39.3 Å². The Morgan fingerprint density at radius 2 is 0.905 bits per heavy atom. The molecule has 10 aromatic rings. The van der Waals surface area contributed by atoms with E-state index < -0.39 is 0 Å². The number of rotatable bonds is 7. The van der Waals surface area contributed by atoms with Gasteiger partial charge in [-0.1, -0.05) is 188 Å². The van der Waals surface area contributed by atoms with E-state index in [1.807, 2.05) is 0 Å². The number of nitrogens with zero attached hydrogens (tertiary/aromatic N) is 4. The minimum atomic E-state index is -0.175. The number of hydrogen-bond donors (Lipinski definition) is 0. The molecule has 1 aliphatic carbocycles. The van der Waals surface area contributed by atoms with Crippen molar-refractivity contribution in [2.75, 3.05) is 19.6 Å². The van der Waals surface area contributed by atoms with Gasteiger partial charge in [0.15, 0.2) is 0 Å². The van der Waals surface area contributed by atoms with Crippen LogP contribution in [0.5, 0.6) is 0 Å². The molecule has 0 radical (unpaired) electrons. The average molecular weight is 1100 g/mol. The summed E-state index contributed by atoms with van der Waals surface area (Å²) in [6.45, 7) is 32.8. The first-order valence-corrected chi connectivity index (χ1v) is 30.9. The van der Waals surface area contributed by atoms with Crippen LogP contribution in [0.15, 0.2) is 192 Å². The molecule has 3 aliphatic heterocycles. The molecule has 1 saturated carbocycles. The Bertz CT molecular complexity index is 4110. The first-order chi connectivity index (χ1) is 39.9. The fraction of sp³-hybridized carbons (Fsp3) is 0.308. The topological polar surface area (TPSA) is 26.1 Å². The second kappa shape index (κ2) is 18.8. The maximum absolute atomic E-state index is 6.59. The highest BCUT2D eigenvalue weighted by atomic mass is 16.3. The maximum Gasteiger partial charge on any atom is 0.252 e. The third-order valence-electron chi connectivity index (χ3n) is 20.0. The van der Waals surface area contributed by atoms with Crippen molar-refractivity contribution in [2.24, 2.45) is 0 Å². The lowest BCUT2D eigenvalue weighted by molar-refractivity contribution is 0.195. The van der Waals surface area contributed by atoms with E-state index in [0.29, 0.717) is 0 Å². The van der Waals surface area contributed by atoms with Gasteiger partial charge in [0.2, 0.25) is 0 Å². The molecule has 0 amide bonds. The van der Waals surface area contributed by atoms with E-state index >= 15 is 0 Å². The number of para-hydroxylation sites is 2. The van der Waals surface area contributed by atoms with Crippen molar-refractivity contribution < 1.29 is 4.42 Å². The Morgan fingerprint density at radius 1 is 0.417 bits per heavy atom. The van der Waals surface area contributed by atoms with Gasteiger partial charge >= 0.3 is 0 Å². The van der Waals surface area contributed by atoms with Gasteiger partial charge < -0.3 is 24.0 Å². The van der Waals surface area contributed by atoms with Crippen LogP contribution in [0.4, 0.5) is 62.6 Å². The smallest absolute Gasteiger partial charge is 0.252 e. The van der Waals surface area contributed by atoms with Crippen LogP contribution in [0.25, 0.3) is 21.9 Å². The van der Waals surface area contributed by atoms with Crippen LogP contribution in [0.1, 0.15) is 150 Å². The van der Waals surface area contributed by atoms with Gasteiger partial charge in [-0.2, -0.15) is 0 Å². The molecule has 6 heteroatoms. The molecule has 9 aromatic carbocycles. The second-order valence-electron chi connectivity index (χ2n) is 29.4. The molecule has 2 unspecified atom stereocenters. The van der Waals surface area contributed by atoms with Gasteiger partial charge in [-0.15, -0.1) is 0 Å². The molecule has 0 spiro atoms. The van der Waals surface area contributed by atoms with Gasteiger partial charge in [0.25, 0.3) is 6.71 Å². The lowest BCUT2D eigenvalue weighted by Gasteiger charge is -2.53. The average Bonchev–Trinajstić information content (AvgIpc) is 1.50. The summed E-state index contributed by atoms with van der Waals surface area (Å²) in [6.07, 6.45) is 4.68. The third-order valence-corrected chi connectivity index (χ3v) is 20.0. The summed E-state index contributed by atoms with van der Waals surface area (Å²) in [7, 11) is 0. The Hall–Kier alpha value is -7.96. The van der Waals surface area contributed by atoms with Crippen molar-refractivity contribution in [1.82, 2.24) is 0 Å². The molecular formula is C78H81BN4O. The highest BCUT2D eigenvalue weighted by molar-refractivity contribution is 7.00. The molecule has 14 rings (SSSR count). The maximum atomic E-state index is 6.59. The van der Waals surface area contributed by atoms with Gasteiger partial charge in [-0.3, -0.25) is 0 Å². The highest BCUT2D eigenvalue weighted by Crippen LogP contribution is 2.62. The van der Waals surface area contributed by atoms with Gasteiger partial charge in [0, 0.05) is 73.1 Å². The van der Waals surface area contributed by atoms with E-state index in [2.05, 4.69) is 305 Å². The van der Waals surface area contributed by atoms with Crippen LogP contribution < -0.4 is 36.0 Å². The molecule has 0 saturated heterocycles.